The largest absolute Gasteiger partial charge is 0.361 e. The molecule has 6 heteroatoms. The van der Waals surface area contributed by atoms with Gasteiger partial charge in [0.25, 0.3) is 0 Å². The standard InChI is InChI=1S/C20H24FN5/c1-2-22-20(25-12-9-17-5-3-4-10-23-17)24-11-8-15-14-26-19-7-6-16(21)13-18(15)19/h3-7,10,13-14,26H,2,8-9,11-12H2,1H3,(H2,22,24,25). The molecule has 0 amide bonds. The molecule has 2 heterocycles. The summed E-state index contributed by atoms with van der Waals surface area (Å²) in [5, 5.41) is 7.52. The van der Waals surface area contributed by atoms with Crippen LogP contribution in [0.1, 0.15) is 18.2 Å². The predicted octanol–water partition coefficient (Wildman–Crippen LogP) is 3.04. The molecule has 0 aliphatic heterocycles. The van der Waals surface area contributed by atoms with Gasteiger partial charge >= 0.3 is 0 Å². The molecule has 0 spiro atoms. The van der Waals surface area contributed by atoms with Crippen LogP contribution in [-0.2, 0) is 12.8 Å². The van der Waals surface area contributed by atoms with Crippen molar-refractivity contribution in [1.29, 1.82) is 0 Å². The highest BCUT2D eigenvalue weighted by Crippen LogP contribution is 2.19. The van der Waals surface area contributed by atoms with Gasteiger partial charge < -0.3 is 15.6 Å². The Morgan fingerprint density at radius 3 is 2.92 bits per heavy atom. The zero-order chi connectivity index (χ0) is 18.2. The molecule has 0 bridgehead atoms. The van der Waals surface area contributed by atoms with Crippen LogP contribution < -0.4 is 10.6 Å². The van der Waals surface area contributed by atoms with E-state index in [9.17, 15) is 4.39 Å². The molecule has 0 aliphatic carbocycles. The molecule has 0 atom stereocenters. The maximum Gasteiger partial charge on any atom is 0.191 e. The summed E-state index contributed by atoms with van der Waals surface area (Å²) in [5.41, 5.74) is 3.08. The molecule has 5 nitrogen and oxygen atoms in total. The van der Waals surface area contributed by atoms with Crippen LogP contribution in [0.15, 0.2) is 53.8 Å². The number of guanidine groups is 1. The van der Waals surface area contributed by atoms with Crippen LogP contribution in [0, 0.1) is 5.82 Å². The second-order valence-electron chi connectivity index (χ2n) is 6.01. The smallest absolute Gasteiger partial charge is 0.191 e. The van der Waals surface area contributed by atoms with Crippen LogP contribution in [0.2, 0.25) is 0 Å². The van der Waals surface area contributed by atoms with E-state index in [1.165, 1.54) is 6.07 Å². The van der Waals surface area contributed by atoms with E-state index in [2.05, 4.69) is 25.6 Å². The van der Waals surface area contributed by atoms with Crippen molar-refractivity contribution >= 4 is 16.9 Å². The minimum atomic E-state index is -0.212. The number of pyridine rings is 1. The summed E-state index contributed by atoms with van der Waals surface area (Å²) in [4.78, 5) is 12.1. The molecule has 2 aromatic heterocycles. The Morgan fingerprint density at radius 2 is 2.12 bits per heavy atom. The quantitative estimate of drug-likeness (QED) is 0.452. The third kappa shape index (κ3) is 4.81. The first-order chi connectivity index (χ1) is 12.8. The number of H-pyrrole nitrogens is 1. The maximum absolute atomic E-state index is 13.5. The fourth-order valence-corrected chi connectivity index (χ4v) is 2.84. The van der Waals surface area contributed by atoms with Crippen LogP contribution in [0.5, 0.6) is 0 Å². The lowest BCUT2D eigenvalue weighted by molar-refractivity contribution is 0.629. The third-order valence-electron chi connectivity index (χ3n) is 4.12. The third-order valence-corrected chi connectivity index (χ3v) is 4.12. The van der Waals surface area contributed by atoms with Crippen molar-refractivity contribution in [3.8, 4) is 0 Å². The summed E-state index contributed by atoms with van der Waals surface area (Å²) in [6, 6.07) is 10.7. The number of benzene rings is 1. The summed E-state index contributed by atoms with van der Waals surface area (Å²) < 4.78 is 13.5. The van der Waals surface area contributed by atoms with E-state index in [-0.39, 0.29) is 5.82 Å². The van der Waals surface area contributed by atoms with E-state index in [1.807, 2.05) is 31.3 Å². The van der Waals surface area contributed by atoms with Crippen LogP contribution >= 0.6 is 0 Å². The van der Waals surface area contributed by atoms with E-state index < -0.39 is 0 Å². The van der Waals surface area contributed by atoms with E-state index >= 15 is 0 Å². The van der Waals surface area contributed by atoms with Gasteiger partial charge in [-0.3, -0.25) is 9.98 Å². The number of halogens is 1. The Balaban J connectivity index is 1.54. The summed E-state index contributed by atoms with van der Waals surface area (Å²) in [7, 11) is 0. The molecule has 0 radical (unpaired) electrons. The molecule has 3 rings (SSSR count). The fourth-order valence-electron chi connectivity index (χ4n) is 2.84. The van der Waals surface area contributed by atoms with E-state index in [0.29, 0.717) is 6.54 Å². The van der Waals surface area contributed by atoms with Crippen molar-refractivity contribution in [2.75, 3.05) is 19.6 Å². The first-order valence-electron chi connectivity index (χ1n) is 8.94. The number of nitrogens with zero attached hydrogens (tertiary/aromatic N) is 2. The summed E-state index contributed by atoms with van der Waals surface area (Å²) in [6.45, 7) is 4.23. The SMILES string of the molecule is CCNC(=NCCc1ccccn1)NCCc1c[nH]c2ccc(F)cc12. The summed E-state index contributed by atoms with van der Waals surface area (Å²) in [5.74, 6) is 0.574. The molecule has 136 valence electrons. The van der Waals surface area contributed by atoms with E-state index in [1.54, 1.807) is 18.3 Å². The second-order valence-corrected chi connectivity index (χ2v) is 6.01. The topological polar surface area (TPSA) is 65.1 Å². The van der Waals surface area contributed by atoms with E-state index in [4.69, 9.17) is 0 Å². The number of aromatic nitrogens is 2. The maximum atomic E-state index is 13.5. The highest BCUT2D eigenvalue weighted by Gasteiger charge is 2.05. The zero-order valence-electron chi connectivity index (χ0n) is 14.9. The molecular weight excluding hydrogens is 329 g/mol. The molecule has 3 N–H and O–H groups in total. The molecule has 26 heavy (non-hydrogen) atoms. The number of aliphatic imine (C=N–C) groups is 1. The Morgan fingerprint density at radius 1 is 1.19 bits per heavy atom. The molecule has 0 unspecified atom stereocenters. The summed E-state index contributed by atoms with van der Waals surface area (Å²) >= 11 is 0. The van der Waals surface area contributed by atoms with Gasteiger partial charge in [0, 0.05) is 55.0 Å². The molecule has 0 aliphatic rings. The zero-order valence-corrected chi connectivity index (χ0v) is 14.9. The number of nitrogens with one attached hydrogen (secondary N) is 3. The molecule has 3 aromatic rings. The van der Waals surface area contributed by atoms with Crippen LogP contribution in [0.3, 0.4) is 0 Å². The normalized spacial score (nSPS) is 11.7. The lowest BCUT2D eigenvalue weighted by Gasteiger charge is -2.11. The van der Waals surface area contributed by atoms with Gasteiger partial charge in [0.05, 0.1) is 0 Å². The van der Waals surface area contributed by atoms with Crippen molar-refractivity contribution in [2.45, 2.75) is 19.8 Å². The predicted molar refractivity (Wildman–Crippen MR) is 104 cm³/mol. The average Bonchev–Trinajstić information content (AvgIpc) is 3.05. The first-order valence-corrected chi connectivity index (χ1v) is 8.94. The van der Waals surface area contributed by atoms with Gasteiger partial charge in [-0.15, -0.1) is 0 Å². The molecule has 0 saturated carbocycles. The van der Waals surface area contributed by atoms with Crippen molar-refractivity contribution in [3.05, 3.63) is 65.9 Å². The van der Waals surface area contributed by atoms with Crippen molar-refractivity contribution in [1.82, 2.24) is 20.6 Å². The monoisotopic (exact) mass is 353 g/mol. The fraction of sp³-hybridized carbons (Fsp3) is 0.300. The minimum absolute atomic E-state index is 0.212. The van der Waals surface area contributed by atoms with E-state index in [0.717, 1.165) is 54.1 Å². The molecule has 0 fully saturated rings. The molecule has 0 saturated heterocycles. The highest BCUT2D eigenvalue weighted by molar-refractivity contribution is 5.83. The van der Waals surface area contributed by atoms with Crippen molar-refractivity contribution in [3.63, 3.8) is 0 Å². The molecule has 1 aromatic carbocycles. The Hall–Kier alpha value is -2.89. The lowest BCUT2D eigenvalue weighted by Crippen LogP contribution is -2.38. The van der Waals surface area contributed by atoms with Crippen LogP contribution in [-0.4, -0.2) is 35.6 Å². The van der Waals surface area contributed by atoms with Gasteiger partial charge in [0.15, 0.2) is 5.96 Å². The number of fused-ring (bicyclic) bond motifs is 1. The Bertz CT molecular complexity index is 857. The number of hydrogen-bond acceptors (Lipinski definition) is 2. The van der Waals surface area contributed by atoms with Crippen molar-refractivity contribution in [2.24, 2.45) is 4.99 Å². The number of hydrogen-bond donors (Lipinski definition) is 3. The van der Waals surface area contributed by atoms with Gasteiger partial charge in [-0.05, 0) is 49.2 Å². The summed E-state index contributed by atoms with van der Waals surface area (Å²) in [6.07, 6.45) is 5.33. The Kier molecular flexibility index (Phi) is 6.19. The Labute approximate surface area is 152 Å². The first kappa shape index (κ1) is 17.9. The molecular formula is C20H24FN5. The highest BCUT2D eigenvalue weighted by atomic mass is 19.1. The van der Waals surface area contributed by atoms with Crippen molar-refractivity contribution < 1.29 is 4.39 Å². The van der Waals surface area contributed by atoms with Crippen LogP contribution in [0.4, 0.5) is 4.39 Å². The van der Waals surface area contributed by atoms with Gasteiger partial charge in [-0.2, -0.15) is 0 Å². The number of rotatable bonds is 7. The lowest BCUT2D eigenvalue weighted by atomic mass is 10.1. The van der Waals surface area contributed by atoms with Gasteiger partial charge in [-0.25, -0.2) is 4.39 Å². The second kappa shape index (κ2) is 8.99. The average molecular weight is 353 g/mol. The number of aromatic amines is 1. The van der Waals surface area contributed by atoms with Gasteiger partial charge in [0.2, 0.25) is 0 Å². The van der Waals surface area contributed by atoms with Crippen LogP contribution in [0.25, 0.3) is 10.9 Å². The van der Waals surface area contributed by atoms with Gasteiger partial charge in [-0.1, -0.05) is 6.07 Å². The minimum Gasteiger partial charge on any atom is -0.361 e. The van der Waals surface area contributed by atoms with Gasteiger partial charge in [0.1, 0.15) is 5.82 Å².